The van der Waals surface area contributed by atoms with E-state index < -0.39 is 0 Å². The molecule has 0 fully saturated rings. The summed E-state index contributed by atoms with van der Waals surface area (Å²) >= 11 is 0. The number of amides is 2. The molecule has 2 amide bonds. The number of nitrogens with one attached hydrogen (secondary N) is 2. The number of pyridine rings is 1. The molecule has 118 valence electrons. The third-order valence-corrected chi connectivity index (χ3v) is 3.49. The molecule has 0 aliphatic heterocycles. The van der Waals surface area contributed by atoms with Gasteiger partial charge in [0, 0.05) is 18.1 Å². The van der Waals surface area contributed by atoms with Crippen LogP contribution in [-0.2, 0) is 6.54 Å². The topological polar surface area (TPSA) is 74.2 Å². The molecule has 1 atom stereocenters. The van der Waals surface area contributed by atoms with Crippen molar-refractivity contribution in [1.82, 2.24) is 15.6 Å². The van der Waals surface area contributed by atoms with E-state index in [9.17, 15) is 9.90 Å². The number of nitrogens with zero attached hydrogens (tertiary/aromatic N) is 1. The van der Waals surface area contributed by atoms with Gasteiger partial charge in [-0.25, -0.2) is 4.79 Å². The zero-order valence-corrected chi connectivity index (χ0v) is 13.0. The number of urea groups is 1. The van der Waals surface area contributed by atoms with Crippen LogP contribution in [0.25, 0.3) is 10.9 Å². The number of benzene rings is 1. The Hall–Kier alpha value is -2.14. The van der Waals surface area contributed by atoms with Crippen LogP contribution in [0.2, 0.25) is 0 Å². The molecule has 1 unspecified atom stereocenters. The zero-order valence-electron chi connectivity index (χ0n) is 13.0. The molecule has 0 saturated heterocycles. The van der Waals surface area contributed by atoms with Gasteiger partial charge in [0.25, 0.3) is 0 Å². The van der Waals surface area contributed by atoms with Gasteiger partial charge in [-0.05, 0) is 30.0 Å². The molecule has 1 aromatic carbocycles. The number of hydrogen-bond acceptors (Lipinski definition) is 3. The van der Waals surface area contributed by atoms with Crippen LogP contribution in [0.5, 0.6) is 0 Å². The molecule has 2 rings (SSSR count). The van der Waals surface area contributed by atoms with Gasteiger partial charge in [0.2, 0.25) is 0 Å². The molecule has 3 N–H and O–H groups in total. The van der Waals surface area contributed by atoms with E-state index in [1.54, 1.807) is 6.20 Å². The number of fused-ring (bicyclic) bond motifs is 1. The maximum absolute atomic E-state index is 12.0. The molecule has 1 heterocycles. The third-order valence-electron chi connectivity index (χ3n) is 3.49. The average molecular weight is 301 g/mol. The van der Waals surface area contributed by atoms with Crippen molar-refractivity contribution in [1.29, 1.82) is 0 Å². The van der Waals surface area contributed by atoms with Crippen molar-refractivity contribution in [3.05, 3.63) is 42.1 Å². The number of hydrogen-bond donors (Lipinski definition) is 3. The first-order chi connectivity index (χ1) is 10.6. The Bertz CT molecular complexity index is 623. The average Bonchev–Trinajstić information content (AvgIpc) is 2.51. The number of aliphatic hydroxyl groups is 1. The molecule has 0 spiro atoms. The Labute approximate surface area is 130 Å². The second-order valence-electron chi connectivity index (χ2n) is 5.82. The maximum Gasteiger partial charge on any atom is 0.315 e. The first-order valence-corrected chi connectivity index (χ1v) is 7.58. The lowest BCUT2D eigenvalue weighted by Gasteiger charge is -2.18. The van der Waals surface area contributed by atoms with E-state index in [2.05, 4.69) is 29.5 Å². The molecule has 5 heteroatoms. The van der Waals surface area contributed by atoms with E-state index in [1.807, 2.05) is 30.3 Å². The van der Waals surface area contributed by atoms with E-state index >= 15 is 0 Å². The third kappa shape index (κ3) is 4.43. The highest BCUT2D eigenvalue weighted by Gasteiger charge is 2.13. The Kier molecular flexibility index (Phi) is 5.72. The van der Waals surface area contributed by atoms with Crippen molar-refractivity contribution in [2.75, 3.05) is 6.61 Å². The highest BCUT2D eigenvalue weighted by Crippen LogP contribution is 2.15. The minimum Gasteiger partial charge on any atom is -0.394 e. The molecule has 0 aliphatic carbocycles. The molecule has 2 aromatic rings. The van der Waals surface area contributed by atoms with Crippen molar-refractivity contribution in [2.24, 2.45) is 5.92 Å². The van der Waals surface area contributed by atoms with E-state index in [4.69, 9.17) is 0 Å². The van der Waals surface area contributed by atoms with Crippen molar-refractivity contribution in [3.8, 4) is 0 Å². The highest BCUT2D eigenvalue weighted by atomic mass is 16.3. The van der Waals surface area contributed by atoms with Crippen LogP contribution in [-0.4, -0.2) is 28.8 Å². The van der Waals surface area contributed by atoms with Crippen molar-refractivity contribution >= 4 is 16.9 Å². The summed E-state index contributed by atoms with van der Waals surface area (Å²) in [6, 6.07) is 9.26. The molecular weight excluding hydrogens is 278 g/mol. The second kappa shape index (κ2) is 7.75. The number of aliphatic hydroxyl groups excluding tert-OH is 1. The minimum atomic E-state index is -0.263. The van der Waals surface area contributed by atoms with Crippen LogP contribution in [0.1, 0.15) is 25.8 Å². The minimum absolute atomic E-state index is 0.0518. The Balaban J connectivity index is 1.95. The summed E-state index contributed by atoms with van der Waals surface area (Å²) in [4.78, 5) is 16.3. The number of rotatable bonds is 6. The number of carbonyl (C=O) groups excluding carboxylic acids is 1. The van der Waals surface area contributed by atoms with Gasteiger partial charge in [0.1, 0.15) is 0 Å². The monoisotopic (exact) mass is 301 g/mol. The van der Waals surface area contributed by atoms with Gasteiger partial charge in [-0.1, -0.05) is 32.0 Å². The lowest BCUT2D eigenvalue weighted by Crippen LogP contribution is -2.44. The van der Waals surface area contributed by atoms with Crippen LogP contribution in [0, 0.1) is 5.92 Å². The first-order valence-electron chi connectivity index (χ1n) is 7.58. The quantitative estimate of drug-likeness (QED) is 0.767. The lowest BCUT2D eigenvalue weighted by atomic mass is 10.0. The summed E-state index contributed by atoms with van der Waals surface area (Å²) in [5.41, 5.74) is 1.93. The van der Waals surface area contributed by atoms with E-state index in [-0.39, 0.29) is 18.7 Å². The fourth-order valence-electron chi connectivity index (χ4n) is 2.47. The first kappa shape index (κ1) is 16.2. The van der Waals surface area contributed by atoms with Crippen molar-refractivity contribution in [3.63, 3.8) is 0 Å². The summed E-state index contributed by atoms with van der Waals surface area (Å²) in [5, 5.41) is 16.0. The number of carbonyl (C=O) groups is 1. The maximum atomic E-state index is 12.0. The molecule has 0 radical (unpaired) electrons. The van der Waals surface area contributed by atoms with Crippen LogP contribution in [0.4, 0.5) is 4.79 Å². The number of aromatic nitrogens is 1. The standard InChI is InChI=1S/C17H23N3O2/c1-12(2)9-14(11-21)20-17(22)19-10-13-7-8-18-16-6-4-3-5-15(13)16/h3-8,12,14,21H,9-11H2,1-2H3,(H2,19,20,22). The van der Waals surface area contributed by atoms with Gasteiger partial charge < -0.3 is 15.7 Å². The fraction of sp³-hybridized carbons (Fsp3) is 0.412. The Morgan fingerprint density at radius 3 is 2.77 bits per heavy atom. The van der Waals surface area contributed by atoms with E-state index in [0.29, 0.717) is 12.5 Å². The molecule has 0 saturated carbocycles. The Morgan fingerprint density at radius 2 is 2.05 bits per heavy atom. The number of para-hydroxylation sites is 1. The molecule has 0 bridgehead atoms. The summed E-state index contributed by atoms with van der Waals surface area (Å²) in [6.07, 6.45) is 2.49. The molecule has 5 nitrogen and oxygen atoms in total. The zero-order chi connectivity index (χ0) is 15.9. The fourth-order valence-corrected chi connectivity index (χ4v) is 2.47. The van der Waals surface area contributed by atoms with Crippen LogP contribution < -0.4 is 10.6 Å². The lowest BCUT2D eigenvalue weighted by molar-refractivity contribution is 0.206. The van der Waals surface area contributed by atoms with Gasteiger partial charge in [-0.2, -0.15) is 0 Å². The van der Waals surface area contributed by atoms with Gasteiger partial charge in [-0.3, -0.25) is 4.98 Å². The van der Waals surface area contributed by atoms with Gasteiger partial charge >= 0.3 is 6.03 Å². The molecular formula is C17H23N3O2. The predicted octanol–water partition coefficient (Wildman–Crippen LogP) is 2.44. The smallest absolute Gasteiger partial charge is 0.315 e. The SMILES string of the molecule is CC(C)CC(CO)NC(=O)NCc1ccnc2ccccc12. The summed E-state index contributed by atoms with van der Waals surface area (Å²) in [5.74, 6) is 0.418. The van der Waals surface area contributed by atoms with E-state index in [0.717, 1.165) is 22.9 Å². The normalized spacial score (nSPS) is 12.4. The van der Waals surface area contributed by atoms with Gasteiger partial charge in [-0.15, -0.1) is 0 Å². The summed E-state index contributed by atoms with van der Waals surface area (Å²) in [7, 11) is 0. The van der Waals surface area contributed by atoms with Crippen molar-refractivity contribution < 1.29 is 9.90 Å². The van der Waals surface area contributed by atoms with Crippen LogP contribution in [0.3, 0.4) is 0 Å². The van der Waals surface area contributed by atoms with Crippen LogP contribution >= 0.6 is 0 Å². The highest BCUT2D eigenvalue weighted by molar-refractivity contribution is 5.82. The summed E-state index contributed by atoms with van der Waals surface area (Å²) in [6.45, 7) is 4.50. The van der Waals surface area contributed by atoms with Crippen molar-refractivity contribution in [2.45, 2.75) is 32.9 Å². The molecule has 22 heavy (non-hydrogen) atoms. The van der Waals surface area contributed by atoms with E-state index in [1.165, 1.54) is 0 Å². The van der Waals surface area contributed by atoms with Gasteiger partial charge in [0.15, 0.2) is 0 Å². The Morgan fingerprint density at radius 1 is 1.27 bits per heavy atom. The predicted molar refractivity (Wildman–Crippen MR) is 87.4 cm³/mol. The largest absolute Gasteiger partial charge is 0.394 e. The summed E-state index contributed by atoms with van der Waals surface area (Å²) < 4.78 is 0. The van der Waals surface area contributed by atoms with Gasteiger partial charge in [0.05, 0.1) is 18.2 Å². The molecule has 1 aromatic heterocycles. The second-order valence-corrected chi connectivity index (χ2v) is 5.82. The molecule has 0 aliphatic rings. The van der Waals surface area contributed by atoms with Crippen LogP contribution in [0.15, 0.2) is 36.5 Å².